The Morgan fingerprint density at radius 2 is 1.74 bits per heavy atom. The zero-order valence-electron chi connectivity index (χ0n) is 13.2. The minimum atomic E-state index is -0.389. The molecule has 0 spiro atoms. The number of likely N-dealkylation sites (N-methyl/N-ethyl adjacent to an activating group) is 1. The molecule has 0 radical (unpaired) electrons. The topological polar surface area (TPSA) is 20.3 Å². The molecule has 0 heterocycles. The van der Waals surface area contributed by atoms with Crippen molar-refractivity contribution in [1.29, 1.82) is 0 Å². The highest BCUT2D eigenvalue weighted by Gasteiger charge is 2.32. The van der Waals surface area contributed by atoms with E-state index in [1.165, 1.54) is 11.1 Å². The number of benzene rings is 1. The van der Waals surface area contributed by atoms with E-state index in [-0.39, 0.29) is 5.54 Å². The maximum absolute atomic E-state index is 12.6. The largest absolute Gasteiger partial charge is 0.297 e. The quantitative estimate of drug-likeness (QED) is 0.780. The minimum absolute atomic E-state index is 0.296. The monoisotopic (exact) mass is 261 g/mol. The Bertz CT molecular complexity index is 445. The second kappa shape index (κ2) is 6.33. The van der Waals surface area contributed by atoms with Crippen LogP contribution < -0.4 is 0 Å². The van der Waals surface area contributed by atoms with Crippen LogP contribution in [-0.2, 0) is 11.2 Å². The average Bonchev–Trinajstić information content (AvgIpc) is 2.35. The van der Waals surface area contributed by atoms with Gasteiger partial charge in [0.05, 0.1) is 5.54 Å². The van der Waals surface area contributed by atoms with Gasteiger partial charge in [0.2, 0.25) is 0 Å². The van der Waals surface area contributed by atoms with E-state index in [4.69, 9.17) is 0 Å². The van der Waals surface area contributed by atoms with Gasteiger partial charge in [-0.15, -0.1) is 0 Å². The number of ketones is 1. The van der Waals surface area contributed by atoms with Crippen molar-refractivity contribution in [1.82, 2.24) is 4.90 Å². The molecule has 0 saturated carbocycles. The van der Waals surface area contributed by atoms with Crippen molar-refractivity contribution in [3.8, 4) is 0 Å². The Hall–Kier alpha value is -1.15. The summed E-state index contributed by atoms with van der Waals surface area (Å²) in [7, 11) is 0. The number of carbonyl (C=O) groups excluding carboxylic acids is 1. The molecule has 1 aromatic carbocycles. The van der Waals surface area contributed by atoms with E-state index in [9.17, 15) is 4.79 Å². The summed E-state index contributed by atoms with van der Waals surface area (Å²) in [5, 5.41) is 0. The van der Waals surface area contributed by atoms with E-state index in [2.05, 4.69) is 50.8 Å². The van der Waals surface area contributed by atoms with E-state index in [0.29, 0.717) is 12.2 Å². The molecular weight excluding hydrogens is 234 g/mol. The molecule has 0 unspecified atom stereocenters. The van der Waals surface area contributed by atoms with Crippen molar-refractivity contribution < 1.29 is 4.79 Å². The third-order valence-corrected chi connectivity index (χ3v) is 4.09. The highest BCUT2D eigenvalue weighted by molar-refractivity contribution is 5.89. The van der Waals surface area contributed by atoms with Gasteiger partial charge < -0.3 is 0 Å². The number of carbonyl (C=O) groups is 1. The van der Waals surface area contributed by atoms with Gasteiger partial charge in [-0.1, -0.05) is 37.6 Å². The van der Waals surface area contributed by atoms with Crippen molar-refractivity contribution in [3.63, 3.8) is 0 Å². The Kier molecular flexibility index (Phi) is 5.30. The molecular formula is C17H27NO. The molecule has 0 atom stereocenters. The predicted octanol–water partition coefficient (Wildman–Crippen LogP) is 3.54. The van der Waals surface area contributed by atoms with Gasteiger partial charge >= 0.3 is 0 Å². The van der Waals surface area contributed by atoms with Gasteiger partial charge in [0.15, 0.2) is 5.78 Å². The molecule has 106 valence electrons. The summed E-state index contributed by atoms with van der Waals surface area (Å²) in [5.41, 5.74) is 3.19. The van der Waals surface area contributed by atoms with Crippen molar-refractivity contribution in [2.45, 2.75) is 53.5 Å². The Morgan fingerprint density at radius 3 is 2.26 bits per heavy atom. The number of aryl methyl sites for hydroxylation is 2. The summed E-state index contributed by atoms with van der Waals surface area (Å²) >= 11 is 0. The smallest absolute Gasteiger partial charge is 0.156 e. The molecule has 0 amide bonds. The summed E-state index contributed by atoms with van der Waals surface area (Å²) < 4.78 is 0. The number of Topliss-reactive ketones (excluding diaryl/α,β-unsaturated/α-hetero) is 1. The van der Waals surface area contributed by atoms with Gasteiger partial charge in [-0.3, -0.25) is 9.69 Å². The van der Waals surface area contributed by atoms with Crippen molar-refractivity contribution >= 4 is 5.78 Å². The summed E-state index contributed by atoms with van der Waals surface area (Å²) in [6.45, 7) is 14.2. The minimum Gasteiger partial charge on any atom is -0.297 e. The first-order valence-corrected chi connectivity index (χ1v) is 7.17. The van der Waals surface area contributed by atoms with E-state index < -0.39 is 0 Å². The number of nitrogens with zero attached hydrogens (tertiary/aromatic N) is 1. The zero-order valence-corrected chi connectivity index (χ0v) is 13.2. The summed E-state index contributed by atoms with van der Waals surface area (Å²) in [6.07, 6.45) is 0.525. The first-order chi connectivity index (χ1) is 8.82. The Morgan fingerprint density at radius 1 is 1.16 bits per heavy atom. The second-order valence-electron chi connectivity index (χ2n) is 5.76. The van der Waals surface area contributed by atoms with Gasteiger partial charge in [-0.25, -0.2) is 0 Å². The lowest BCUT2D eigenvalue weighted by atomic mass is 9.90. The highest BCUT2D eigenvalue weighted by Crippen LogP contribution is 2.20. The molecule has 0 aliphatic rings. The van der Waals surface area contributed by atoms with E-state index in [1.807, 2.05) is 13.8 Å². The number of hydrogen-bond donors (Lipinski definition) is 0. The predicted molar refractivity (Wildman–Crippen MR) is 81.6 cm³/mol. The molecule has 2 heteroatoms. The van der Waals surface area contributed by atoms with Crippen LogP contribution in [0.1, 0.15) is 44.4 Å². The summed E-state index contributed by atoms with van der Waals surface area (Å²) in [6, 6.07) is 6.33. The number of rotatable bonds is 6. The van der Waals surface area contributed by atoms with Gasteiger partial charge in [0.25, 0.3) is 0 Å². The Balaban J connectivity index is 2.92. The van der Waals surface area contributed by atoms with Crippen molar-refractivity contribution in [2.24, 2.45) is 0 Å². The lowest BCUT2D eigenvalue weighted by Crippen LogP contribution is -2.50. The summed E-state index contributed by atoms with van der Waals surface area (Å²) in [5.74, 6) is 0.296. The lowest BCUT2D eigenvalue weighted by Gasteiger charge is -2.36. The molecule has 0 aliphatic heterocycles. The van der Waals surface area contributed by atoms with Crippen LogP contribution in [0, 0.1) is 13.8 Å². The molecule has 19 heavy (non-hydrogen) atoms. The van der Waals surface area contributed by atoms with Crippen LogP contribution in [0.5, 0.6) is 0 Å². The SMILES string of the molecule is CCN(CC)C(C)(C)C(=O)Cc1cc(C)ccc1C. The zero-order chi connectivity index (χ0) is 14.6. The van der Waals surface area contributed by atoms with E-state index in [1.54, 1.807) is 0 Å². The van der Waals surface area contributed by atoms with Crippen LogP contribution in [0.25, 0.3) is 0 Å². The van der Waals surface area contributed by atoms with Crippen LogP contribution in [0.2, 0.25) is 0 Å². The van der Waals surface area contributed by atoms with Gasteiger partial charge in [0.1, 0.15) is 0 Å². The van der Waals surface area contributed by atoms with Crippen molar-refractivity contribution in [2.75, 3.05) is 13.1 Å². The fourth-order valence-electron chi connectivity index (χ4n) is 2.57. The summed E-state index contributed by atoms with van der Waals surface area (Å²) in [4.78, 5) is 14.8. The fourth-order valence-corrected chi connectivity index (χ4v) is 2.57. The lowest BCUT2D eigenvalue weighted by molar-refractivity contribution is -0.128. The maximum Gasteiger partial charge on any atom is 0.156 e. The molecule has 1 rings (SSSR count). The van der Waals surface area contributed by atoms with Crippen molar-refractivity contribution in [3.05, 3.63) is 34.9 Å². The first kappa shape index (κ1) is 15.9. The highest BCUT2D eigenvalue weighted by atomic mass is 16.1. The molecule has 0 saturated heterocycles. The average molecular weight is 261 g/mol. The second-order valence-corrected chi connectivity index (χ2v) is 5.76. The molecule has 0 aliphatic carbocycles. The molecule has 0 aromatic heterocycles. The molecule has 0 fully saturated rings. The first-order valence-electron chi connectivity index (χ1n) is 7.17. The van der Waals surface area contributed by atoms with Crippen LogP contribution in [0.4, 0.5) is 0 Å². The fraction of sp³-hybridized carbons (Fsp3) is 0.588. The molecule has 2 nitrogen and oxygen atoms in total. The number of hydrogen-bond acceptors (Lipinski definition) is 2. The maximum atomic E-state index is 12.6. The van der Waals surface area contributed by atoms with Crippen LogP contribution in [0.15, 0.2) is 18.2 Å². The van der Waals surface area contributed by atoms with Crippen LogP contribution in [-0.4, -0.2) is 29.3 Å². The van der Waals surface area contributed by atoms with Gasteiger partial charge in [-0.2, -0.15) is 0 Å². The van der Waals surface area contributed by atoms with E-state index in [0.717, 1.165) is 18.7 Å². The molecule has 0 N–H and O–H groups in total. The van der Waals surface area contributed by atoms with E-state index >= 15 is 0 Å². The van der Waals surface area contributed by atoms with Crippen LogP contribution in [0.3, 0.4) is 0 Å². The third-order valence-electron chi connectivity index (χ3n) is 4.09. The van der Waals surface area contributed by atoms with Gasteiger partial charge in [-0.05, 0) is 51.9 Å². The van der Waals surface area contributed by atoms with Crippen LogP contribution >= 0.6 is 0 Å². The molecule has 0 bridgehead atoms. The third kappa shape index (κ3) is 3.66. The standard InChI is InChI=1S/C17H27NO/c1-7-18(8-2)17(5,6)16(19)12-15-11-13(3)9-10-14(15)4/h9-11H,7-8,12H2,1-6H3. The molecule has 1 aromatic rings. The Labute approximate surface area is 117 Å². The normalized spacial score (nSPS) is 11.9. The van der Waals surface area contributed by atoms with Gasteiger partial charge in [0, 0.05) is 6.42 Å².